The lowest BCUT2D eigenvalue weighted by atomic mass is 9.78. The average Bonchev–Trinajstić information content (AvgIpc) is 2.31. The first-order chi connectivity index (χ1) is 7.56. The van der Waals surface area contributed by atoms with Crippen LogP contribution in [0.3, 0.4) is 0 Å². The minimum absolute atomic E-state index is 0.0751. The summed E-state index contributed by atoms with van der Waals surface area (Å²) < 4.78 is 0. The van der Waals surface area contributed by atoms with Crippen LogP contribution in [-0.4, -0.2) is 11.7 Å². The molecule has 0 aliphatic heterocycles. The van der Waals surface area contributed by atoms with Gasteiger partial charge in [-0.1, -0.05) is 37.0 Å². The van der Waals surface area contributed by atoms with Gasteiger partial charge >= 0.3 is 0 Å². The molecule has 0 spiro atoms. The van der Waals surface area contributed by atoms with Crippen LogP contribution in [0.4, 0.5) is 0 Å². The molecule has 0 bridgehead atoms. The first-order valence-corrected chi connectivity index (χ1v) is 6.37. The van der Waals surface area contributed by atoms with Crippen molar-refractivity contribution in [2.24, 2.45) is 5.41 Å². The fourth-order valence-corrected chi connectivity index (χ4v) is 2.24. The second kappa shape index (κ2) is 5.90. The number of hydrogen-bond donors (Lipinski definition) is 1. The van der Waals surface area contributed by atoms with Crippen LogP contribution in [0.15, 0.2) is 18.2 Å². The maximum Gasteiger partial charge on any atom is 0.0490 e. The average molecular weight is 261 g/mol. The Hall–Kier alpha value is -0.240. The van der Waals surface area contributed by atoms with E-state index in [2.05, 4.69) is 13.8 Å². The second-order valence-electron chi connectivity index (χ2n) is 4.28. The van der Waals surface area contributed by atoms with E-state index in [1.807, 2.05) is 12.1 Å². The Kier molecular flexibility index (Phi) is 5.10. The van der Waals surface area contributed by atoms with Crippen molar-refractivity contribution in [2.45, 2.75) is 33.1 Å². The quantitative estimate of drug-likeness (QED) is 0.836. The largest absolute Gasteiger partial charge is 0.396 e. The van der Waals surface area contributed by atoms with Crippen molar-refractivity contribution >= 4 is 23.2 Å². The molecule has 1 aromatic rings. The van der Waals surface area contributed by atoms with E-state index < -0.39 is 0 Å². The van der Waals surface area contributed by atoms with Crippen LogP contribution >= 0.6 is 23.2 Å². The molecule has 0 radical (unpaired) electrons. The summed E-state index contributed by atoms with van der Waals surface area (Å²) in [6.45, 7) is 4.37. The van der Waals surface area contributed by atoms with Crippen molar-refractivity contribution < 1.29 is 5.11 Å². The topological polar surface area (TPSA) is 20.2 Å². The molecule has 0 unspecified atom stereocenters. The minimum atomic E-state index is -0.0751. The summed E-state index contributed by atoms with van der Waals surface area (Å²) in [7, 11) is 0. The Morgan fingerprint density at radius 1 is 1.19 bits per heavy atom. The normalized spacial score (nSPS) is 11.8. The highest BCUT2D eigenvalue weighted by Crippen LogP contribution is 2.33. The molecule has 1 nitrogen and oxygen atoms in total. The summed E-state index contributed by atoms with van der Waals surface area (Å²) in [5, 5.41) is 10.9. The standard InChI is InChI=1S/C13H18Cl2O/c1-3-13(4-2,9-16)8-10-7-11(14)5-6-12(10)15/h5-7,16H,3-4,8-9H2,1-2H3. The zero-order valence-corrected chi connectivity index (χ0v) is 11.3. The third-order valence-corrected chi connectivity index (χ3v) is 4.01. The van der Waals surface area contributed by atoms with Crippen LogP contribution in [0.25, 0.3) is 0 Å². The molecule has 0 atom stereocenters. The minimum Gasteiger partial charge on any atom is -0.396 e. The van der Waals surface area contributed by atoms with Gasteiger partial charge in [-0.2, -0.15) is 0 Å². The highest BCUT2D eigenvalue weighted by atomic mass is 35.5. The van der Waals surface area contributed by atoms with E-state index in [1.165, 1.54) is 0 Å². The highest BCUT2D eigenvalue weighted by Gasteiger charge is 2.26. The van der Waals surface area contributed by atoms with Gasteiger partial charge in [0.2, 0.25) is 0 Å². The molecule has 0 amide bonds. The zero-order chi connectivity index (χ0) is 12.2. The van der Waals surface area contributed by atoms with Crippen molar-refractivity contribution in [1.29, 1.82) is 0 Å². The first kappa shape index (κ1) is 13.8. The maximum absolute atomic E-state index is 9.52. The van der Waals surface area contributed by atoms with Crippen LogP contribution in [-0.2, 0) is 6.42 Å². The third kappa shape index (κ3) is 3.13. The second-order valence-corrected chi connectivity index (χ2v) is 5.12. The van der Waals surface area contributed by atoms with E-state index in [0.717, 1.165) is 29.8 Å². The van der Waals surface area contributed by atoms with Gasteiger partial charge in [0, 0.05) is 16.7 Å². The van der Waals surface area contributed by atoms with E-state index in [1.54, 1.807) is 6.07 Å². The number of hydrogen-bond acceptors (Lipinski definition) is 1. The smallest absolute Gasteiger partial charge is 0.0490 e. The highest BCUT2D eigenvalue weighted by molar-refractivity contribution is 6.33. The predicted octanol–water partition coefficient (Wildman–Crippen LogP) is 4.33. The predicted molar refractivity (Wildman–Crippen MR) is 70.3 cm³/mol. The van der Waals surface area contributed by atoms with Gasteiger partial charge in [-0.25, -0.2) is 0 Å². The molecule has 1 rings (SSSR count). The molecular formula is C13H18Cl2O. The third-order valence-electron chi connectivity index (χ3n) is 3.41. The van der Waals surface area contributed by atoms with Crippen LogP contribution in [0.1, 0.15) is 32.3 Å². The summed E-state index contributed by atoms with van der Waals surface area (Å²) in [5.41, 5.74) is 0.945. The van der Waals surface area contributed by atoms with E-state index in [4.69, 9.17) is 23.2 Å². The van der Waals surface area contributed by atoms with Gasteiger partial charge in [0.15, 0.2) is 0 Å². The zero-order valence-electron chi connectivity index (χ0n) is 9.76. The molecule has 16 heavy (non-hydrogen) atoms. The van der Waals surface area contributed by atoms with Gasteiger partial charge in [-0.3, -0.25) is 0 Å². The van der Waals surface area contributed by atoms with Gasteiger partial charge < -0.3 is 5.11 Å². The van der Waals surface area contributed by atoms with Gasteiger partial charge in [-0.05, 0) is 48.4 Å². The summed E-state index contributed by atoms with van der Waals surface area (Å²) in [5.74, 6) is 0. The lowest BCUT2D eigenvalue weighted by Gasteiger charge is -2.29. The van der Waals surface area contributed by atoms with Crippen molar-refractivity contribution in [3.63, 3.8) is 0 Å². The van der Waals surface area contributed by atoms with Crippen LogP contribution in [0.2, 0.25) is 10.0 Å². The molecule has 1 aromatic carbocycles. The SMILES string of the molecule is CCC(CC)(CO)Cc1cc(Cl)ccc1Cl. The molecular weight excluding hydrogens is 243 g/mol. The van der Waals surface area contributed by atoms with E-state index >= 15 is 0 Å². The number of benzene rings is 1. The summed E-state index contributed by atoms with van der Waals surface area (Å²) in [6, 6.07) is 5.48. The van der Waals surface area contributed by atoms with Crippen molar-refractivity contribution in [3.8, 4) is 0 Å². The molecule has 0 heterocycles. The Labute approximate surface area is 107 Å². The number of rotatable bonds is 5. The van der Waals surface area contributed by atoms with E-state index in [9.17, 15) is 5.11 Å². The van der Waals surface area contributed by atoms with Gasteiger partial charge in [0.1, 0.15) is 0 Å². The van der Waals surface area contributed by atoms with Gasteiger partial charge in [-0.15, -0.1) is 0 Å². The lowest BCUT2D eigenvalue weighted by molar-refractivity contribution is 0.115. The number of aliphatic hydroxyl groups excluding tert-OH is 1. The number of halogens is 2. The Morgan fingerprint density at radius 3 is 2.31 bits per heavy atom. The Bertz CT molecular complexity index is 338. The van der Waals surface area contributed by atoms with Gasteiger partial charge in [0.05, 0.1) is 0 Å². The fraction of sp³-hybridized carbons (Fsp3) is 0.538. The fourth-order valence-electron chi connectivity index (χ4n) is 1.86. The molecule has 0 aliphatic rings. The molecule has 1 N–H and O–H groups in total. The monoisotopic (exact) mass is 260 g/mol. The summed E-state index contributed by atoms with van der Waals surface area (Å²) in [4.78, 5) is 0. The van der Waals surface area contributed by atoms with Crippen LogP contribution < -0.4 is 0 Å². The Balaban J connectivity index is 2.97. The molecule has 0 aliphatic carbocycles. The summed E-state index contributed by atoms with van der Waals surface area (Å²) >= 11 is 12.1. The maximum atomic E-state index is 9.52. The van der Waals surface area contributed by atoms with E-state index in [-0.39, 0.29) is 12.0 Å². The Morgan fingerprint density at radius 2 is 1.81 bits per heavy atom. The van der Waals surface area contributed by atoms with Crippen molar-refractivity contribution in [1.82, 2.24) is 0 Å². The van der Waals surface area contributed by atoms with Crippen molar-refractivity contribution in [3.05, 3.63) is 33.8 Å². The van der Waals surface area contributed by atoms with Gasteiger partial charge in [0.25, 0.3) is 0 Å². The number of aliphatic hydroxyl groups is 1. The van der Waals surface area contributed by atoms with Crippen molar-refractivity contribution in [2.75, 3.05) is 6.61 Å². The van der Waals surface area contributed by atoms with Crippen LogP contribution in [0.5, 0.6) is 0 Å². The van der Waals surface area contributed by atoms with Crippen LogP contribution in [0, 0.1) is 5.41 Å². The summed E-state index contributed by atoms with van der Waals surface area (Å²) in [6.07, 6.45) is 2.64. The molecule has 90 valence electrons. The molecule has 0 saturated heterocycles. The first-order valence-electron chi connectivity index (χ1n) is 5.61. The molecule has 0 saturated carbocycles. The molecule has 0 fully saturated rings. The van der Waals surface area contributed by atoms with E-state index in [0.29, 0.717) is 5.02 Å². The lowest BCUT2D eigenvalue weighted by Crippen LogP contribution is -2.26. The molecule has 3 heteroatoms. The molecule has 0 aromatic heterocycles.